The van der Waals surface area contributed by atoms with E-state index in [1.807, 2.05) is 0 Å². The summed E-state index contributed by atoms with van der Waals surface area (Å²) in [4.78, 5) is 12.0. The molecular weight excluding hydrogens is 202 g/mol. The standard InChI is InChI=1S/C13H19NO2/c1-9-6-13(2,3)7-10(12(9)15)11-8-16-5-4-14-11/h7,11,14H,1,4-6,8H2,2-3H3. The molecule has 0 saturated carbocycles. The SMILES string of the molecule is C=C1CC(C)(C)C=C(C2COCCN2)C1=O. The first-order chi connectivity index (χ1) is 7.49. The lowest BCUT2D eigenvalue weighted by molar-refractivity contribution is -0.113. The zero-order valence-corrected chi connectivity index (χ0v) is 10.0. The molecule has 0 amide bonds. The third-order valence-electron chi connectivity index (χ3n) is 3.10. The Balaban J connectivity index is 2.26. The summed E-state index contributed by atoms with van der Waals surface area (Å²) in [5.74, 6) is 0.0994. The Labute approximate surface area is 96.6 Å². The van der Waals surface area contributed by atoms with Crippen LogP contribution in [0.25, 0.3) is 0 Å². The molecule has 1 fully saturated rings. The Kier molecular flexibility index (Phi) is 3.00. The molecule has 0 aromatic heterocycles. The van der Waals surface area contributed by atoms with Crippen molar-refractivity contribution in [3.8, 4) is 0 Å². The highest BCUT2D eigenvalue weighted by Crippen LogP contribution is 2.35. The molecule has 0 aromatic carbocycles. The van der Waals surface area contributed by atoms with Crippen LogP contribution in [0.5, 0.6) is 0 Å². The van der Waals surface area contributed by atoms with Crippen molar-refractivity contribution in [1.82, 2.24) is 5.32 Å². The number of ketones is 1. The van der Waals surface area contributed by atoms with Gasteiger partial charge in [-0.2, -0.15) is 0 Å². The largest absolute Gasteiger partial charge is 0.378 e. The number of nitrogens with one attached hydrogen (secondary N) is 1. The first-order valence-corrected chi connectivity index (χ1v) is 5.76. The fourth-order valence-electron chi connectivity index (χ4n) is 2.40. The number of carbonyl (C=O) groups is 1. The molecule has 3 nitrogen and oxygen atoms in total. The zero-order valence-electron chi connectivity index (χ0n) is 10.0. The van der Waals surface area contributed by atoms with Crippen LogP contribution >= 0.6 is 0 Å². The lowest BCUT2D eigenvalue weighted by atomic mass is 9.75. The van der Waals surface area contributed by atoms with Crippen molar-refractivity contribution in [3.05, 3.63) is 23.8 Å². The second-order valence-corrected chi connectivity index (χ2v) is 5.28. The van der Waals surface area contributed by atoms with E-state index in [0.29, 0.717) is 6.61 Å². The van der Waals surface area contributed by atoms with Crippen LogP contribution in [0.3, 0.4) is 0 Å². The van der Waals surface area contributed by atoms with E-state index in [4.69, 9.17) is 4.74 Å². The minimum Gasteiger partial charge on any atom is -0.378 e. The molecule has 1 saturated heterocycles. The molecule has 0 spiro atoms. The van der Waals surface area contributed by atoms with Crippen molar-refractivity contribution in [2.24, 2.45) is 5.41 Å². The van der Waals surface area contributed by atoms with Crippen LogP contribution in [0.15, 0.2) is 23.8 Å². The second-order valence-electron chi connectivity index (χ2n) is 5.28. The summed E-state index contributed by atoms with van der Waals surface area (Å²) >= 11 is 0. The minimum absolute atomic E-state index is 0.0272. The lowest BCUT2D eigenvalue weighted by Gasteiger charge is -2.33. The van der Waals surface area contributed by atoms with Crippen LogP contribution in [-0.4, -0.2) is 31.6 Å². The number of hydrogen-bond acceptors (Lipinski definition) is 3. The van der Waals surface area contributed by atoms with E-state index in [0.717, 1.165) is 30.7 Å². The molecule has 1 atom stereocenters. The molecule has 0 radical (unpaired) electrons. The summed E-state index contributed by atoms with van der Waals surface area (Å²) in [6.45, 7) is 10.3. The quantitative estimate of drug-likeness (QED) is 0.681. The molecule has 1 N–H and O–H groups in total. The van der Waals surface area contributed by atoms with Gasteiger partial charge in [0.05, 0.1) is 19.3 Å². The smallest absolute Gasteiger partial charge is 0.185 e. The van der Waals surface area contributed by atoms with Gasteiger partial charge in [-0.05, 0) is 17.4 Å². The van der Waals surface area contributed by atoms with Gasteiger partial charge in [-0.25, -0.2) is 0 Å². The third kappa shape index (κ3) is 2.25. The first kappa shape index (κ1) is 11.6. The maximum atomic E-state index is 12.0. The second kappa shape index (κ2) is 4.15. The van der Waals surface area contributed by atoms with Crippen LogP contribution in [-0.2, 0) is 9.53 Å². The van der Waals surface area contributed by atoms with Crippen molar-refractivity contribution >= 4 is 5.78 Å². The highest BCUT2D eigenvalue weighted by Gasteiger charge is 2.33. The topological polar surface area (TPSA) is 38.3 Å². The zero-order chi connectivity index (χ0) is 11.8. The van der Waals surface area contributed by atoms with Crippen LogP contribution in [0.1, 0.15) is 20.3 Å². The van der Waals surface area contributed by atoms with E-state index in [1.165, 1.54) is 0 Å². The summed E-state index contributed by atoms with van der Waals surface area (Å²) < 4.78 is 5.40. The summed E-state index contributed by atoms with van der Waals surface area (Å²) in [5, 5.41) is 3.32. The highest BCUT2D eigenvalue weighted by atomic mass is 16.5. The van der Waals surface area contributed by atoms with Gasteiger partial charge in [-0.1, -0.05) is 26.5 Å². The number of allylic oxidation sites excluding steroid dienone is 2. The fourth-order valence-corrected chi connectivity index (χ4v) is 2.40. The van der Waals surface area contributed by atoms with Crippen LogP contribution in [0, 0.1) is 5.41 Å². The molecule has 1 heterocycles. The van der Waals surface area contributed by atoms with Gasteiger partial charge >= 0.3 is 0 Å². The van der Waals surface area contributed by atoms with Gasteiger partial charge in [0.25, 0.3) is 0 Å². The maximum absolute atomic E-state index is 12.0. The first-order valence-electron chi connectivity index (χ1n) is 5.76. The number of ether oxygens (including phenoxy) is 1. The average Bonchev–Trinajstić information content (AvgIpc) is 2.24. The van der Waals surface area contributed by atoms with E-state index in [2.05, 4.69) is 31.8 Å². The monoisotopic (exact) mass is 221 g/mol. The third-order valence-corrected chi connectivity index (χ3v) is 3.10. The molecule has 1 unspecified atom stereocenters. The number of hydrogen-bond donors (Lipinski definition) is 1. The van der Waals surface area contributed by atoms with Gasteiger partial charge in [0.1, 0.15) is 0 Å². The van der Waals surface area contributed by atoms with Gasteiger partial charge in [0.15, 0.2) is 5.78 Å². The predicted octanol–water partition coefficient (Wildman–Crippen LogP) is 1.46. The van der Waals surface area contributed by atoms with E-state index in [9.17, 15) is 4.79 Å². The predicted molar refractivity (Wildman–Crippen MR) is 63.2 cm³/mol. The lowest BCUT2D eigenvalue weighted by Crippen LogP contribution is -2.45. The van der Waals surface area contributed by atoms with E-state index < -0.39 is 0 Å². The molecule has 0 bridgehead atoms. The van der Waals surface area contributed by atoms with E-state index in [1.54, 1.807) is 0 Å². The molecular formula is C13H19NO2. The van der Waals surface area contributed by atoms with Crippen LogP contribution < -0.4 is 5.32 Å². The molecule has 0 aromatic rings. The maximum Gasteiger partial charge on any atom is 0.185 e. The van der Waals surface area contributed by atoms with Gasteiger partial charge in [0.2, 0.25) is 0 Å². The summed E-state index contributed by atoms with van der Waals surface area (Å²) in [6, 6.07) is 0.0394. The molecule has 16 heavy (non-hydrogen) atoms. The normalized spacial score (nSPS) is 30.1. The van der Waals surface area contributed by atoms with Crippen molar-refractivity contribution in [2.45, 2.75) is 26.3 Å². The molecule has 3 heteroatoms. The molecule has 1 aliphatic heterocycles. The number of rotatable bonds is 1. The number of carbonyl (C=O) groups excluding carboxylic acids is 1. The number of Topliss-reactive ketones (excluding diaryl/α,β-unsaturated/α-hetero) is 1. The van der Waals surface area contributed by atoms with Crippen molar-refractivity contribution in [3.63, 3.8) is 0 Å². The average molecular weight is 221 g/mol. The van der Waals surface area contributed by atoms with Crippen molar-refractivity contribution in [2.75, 3.05) is 19.8 Å². The molecule has 2 aliphatic rings. The van der Waals surface area contributed by atoms with Gasteiger partial charge in [-0.15, -0.1) is 0 Å². The van der Waals surface area contributed by atoms with Gasteiger partial charge in [-0.3, -0.25) is 4.79 Å². The van der Waals surface area contributed by atoms with E-state index in [-0.39, 0.29) is 17.2 Å². The molecule has 1 aliphatic carbocycles. The summed E-state index contributed by atoms with van der Waals surface area (Å²) in [7, 11) is 0. The Hall–Kier alpha value is -0.930. The van der Waals surface area contributed by atoms with Gasteiger partial charge in [0, 0.05) is 12.1 Å². The van der Waals surface area contributed by atoms with Crippen molar-refractivity contribution in [1.29, 1.82) is 0 Å². The Bertz CT molecular complexity index is 349. The summed E-state index contributed by atoms with van der Waals surface area (Å²) in [5.41, 5.74) is 1.58. The Morgan fingerprint density at radius 3 is 2.94 bits per heavy atom. The fraction of sp³-hybridized carbons (Fsp3) is 0.615. The van der Waals surface area contributed by atoms with Crippen LogP contribution in [0.4, 0.5) is 0 Å². The van der Waals surface area contributed by atoms with Crippen LogP contribution in [0.2, 0.25) is 0 Å². The highest BCUT2D eigenvalue weighted by molar-refractivity contribution is 6.09. The summed E-state index contributed by atoms with van der Waals surface area (Å²) in [6.07, 6.45) is 2.83. The van der Waals surface area contributed by atoms with Crippen molar-refractivity contribution < 1.29 is 9.53 Å². The Morgan fingerprint density at radius 2 is 2.31 bits per heavy atom. The Morgan fingerprint density at radius 1 is 1.56 bits per heavy atom. The van der Waals surface area contributed by atoms with E-state index >= 15 is 0 Å². The number of morpholine rings is 1. The minimum atomic E-state index is 0.0272. The molecule has 2 rings (SSSR count). The molecule has 88 valence electrons. The van der Waals surface area contributed by atoms with Gasteiger partial charge < -0.3 is 10.1 Å².